The molecule has 1 fully saturated rings. The van der Waals surface area contributed by atoms with Gasteiger partial charge in [0.1, 0.15) is 0 Å². The minimum Gasteiger partial charge on any atom is -0.346 e. The van der Waals surface area contributed by atoms with E-state index in [2.05, 4.69) is 5.32 Å². The number of hydrogen-bond acceptors (Lipinski definition) is 3. The first-order valence-electron chi connectivity index (χ1n) is 9.09. The summed E-state index contributed by atoms with van der Waals surface area (Å²) in [6.07, 6.45) is 5.94. The third-order valence-corrected chi connectivity index (χ3v) is 5.44. The van der Waals surface area contributed by atoms with Crippen molar-refractivity contribution in [3.05, 3.63) is 22.4 Å². The Balaban J connectivity index is 1.75. The third-order valence-electron chi connectivity index (χ3n) is 4.56. The van der Waals surface area contributed by atoms with Gasteiger partial charge in [-0.1, -0.05) is 25.3 Å². The van der Waals surface area contributed by atoms with E-state index in [4.69, 9.17) is 0 Å². The number of thiophene rings is 1. The van der Waals surface area contributed by atoms with Crippen LogP contribution in [0.1, 0.15) is 43.9 Å². The summed E-state index contributed by atoms with van der Waals surface area (Å²) in [4.78, 5) is 28.8. The smallest absolute Gasteiger partial charge is 0.277 e. The molecular weight excluding hydrogens is 322 g/mol. The predicted molar refractivity (Wildman–Crippen MR) is 97.1 cm³/mol. The van der Waals surface area contributed by atoms with Crippen LogP contribution in [-0.2, 0) is 16.1 Å². The molecule has 1 atom stereocenters. The molecule has 6 heteroatoms. The average molecular weight is 353 g/mol. The molecule has 2 amide bonds. The number of likely N-dealkylation sites (N-methyl/N-ethyl adjacent to an activating group) is 1. The van der Waals surface area contributed by atoms with Crippen LogP contribution in [0, 0.1) is 0 Å². The molecule has 1 unspecified atom stereocenters. The number of carbonyl (C=O) groups is 2. The fourth-order valence-corrected chi connectivity index (χ4v) is 3.67. The van der Waals surface area contributed by atoms with Crippen LogP contribution < -0.4 is 10.2 Å². The van der Waals surface area contributed by atoms with Gasteiger partial charge in [0.2, 0.25) is 0 Å². The van der Waals surface area contributed by atoms with Crippen LogP contribution in [0.2, 0.25) is 0 Å². The first kappa shape index (κ1) is 18.9. The molecule has 1 aliphatic rings. The predicted octanol–water partition coefficient (Wildman–Crippen LogP) is 1.06. The number of quaternary nitrogens is 1. The van der Waals surface area contributed by atoms with Gasteiger partial charge >= 0.3 is 0 Å². The van der Waals surface area contributed by atoms with Crippen molar-refractivity contribution in [3.63, 3.8) is 0 Å². The molecule has 0 aliphatic carbocycles. The highest BCUT2D eigenvalue weighted by atomic mass is 32.1. The summed E-state index contributed by atoms with van der Waals surface area (Å²) in [5, 5.41) is 4.95. The van der Waals surface area contributed by atoms with E-state index in [0.717, 1.165) is 42.3 Å². The molecule has 24 heavy (non-hydrogen) atoms. The quantitative estimate of drug-likeness (QED) is 0.771. The number of nitrogens with zero attached hydrogens (tertiary/aromatic N) is 1. The molecule has 134 valence electrons. The molecule has 1 aromatic rings. The molecule has 0 aromatic carbocycles. The molecule has 1 aromatic heterocycles. The zero-order chi connectivity index (χ0) is 17.2. The van der Waals surface area contributed by atoms with Crippen LogP contribution in [0.25, 0.3) is 0 Å². The molecule has 0 bridgehead atoms. The van der Waals surface area contributed by atoms with Gasteiger partial charge in [0.25, 0.3) is 11.8 Å². The molecule has 0 saturated carbocycles. The van der Waals surface area contributed by atoms with Crippen LogP contribution >= 0.6 is 11.3 Å². The van der Waals surface area contributed by atoms with E-state index in [1.54, 1.807) is 11.3 Å². The van der Waals surface area contributed by atoms with E-state index in [1.807, 2.05) is 29.3 Å². The molecule has 1 saturated heterocycles. The first-order valence-corrected chi connectivity index (χ1v) is 9.97. The first-order chi connectivity index (χ1) is 11.7. The van der Waals surface area contributed by atoms with Gasteiger partial charge in [-0.2, -0.15) is 0 Å². The zero-order valence-corrected chi connectivity index (χ0v) is 15.5. The van der Waals surface area contributed by atoms with E-state index in [-0.39, 0.29) is 11.8 Å². The minimum atomic E-state index is 0.0146. The van der Waals surface area contributed by atoms with Gasteiger partial charge in [-0.05, 0) is 31.2 Å². The molecule has 1 aliphatic heterocycles. The fourth-order valence-electron chi connectivity index (χ4n) is 3.02. The molecule has 2 rings (SSSR count). The summed E-state index contributed by atoms with van der Waals surface area (Å²) in [7, 11) is 0. The Labute approximate surface area is 149 Å². The Morgan fingerprint density at radius 2 is 1.88 bits per heavy atom. The van der Waals surface area contributed by atoms with Gasteiger partial charge in [-0.3, -0.25) is 9.59 Å². The second kappa shape index (κ2) is 10.5. The van der Waals surface area contributed by atoms with Gasteiger partial charge in [0.05, 0.1) is 13.1 Å². The summed E-state index contributed by atoms with van der Waals surface area (Å²) < 4.78 is 0. The number of hydrogen-bond donors (Lipinski definition) is 2. The lowest BCUT2D eigenvalue weighted by molar-refractivity contribution is -0.882. The maximum Gasteiger partial charge on any atom is 0.277 e. The van der Waals surface area contributed by atoms with Crippen LogP contribution in [-0.4, -0.2) is 49.4 Å². The Kier molecular flexibility index (Phi) is 8.25. The largest absolute Gasteiger partial charge is 0.346 e. The highest BCUT2D eigenvalue weighted by Gasteiger charge is 2.21. The van der Waals surface area contributed by atoms with Crippen molar-refractivity contribution in [1.82, 2.24) is 10.2 Å². The van der Waals surface area contributed by atoms with Crippen LogP contribution in [0.3, 0.4) is 0 Å². The van der Waals surface area contributed by atoms with Crippen LogP contribution in [0.5, 0.6) is 0 Å². The molecule has 5 nitrogen and oxygen atoms in total. The van der Waals surface area contributed by atoms with E-state index >= 15 is 0 Å². The van der Waals surface area contributed by atoms with Crippen molar-refractivity contribution in [2.75, 3.05) is 32.7 Å². The zero-order valence-electron chi connectivity index (χ0n) is 14.7. The lowest BCUT2D eigenvalue weighted by Gasteiger charge is -2.26. The lowest BCUT2D eigenvalue weighted by atomic mass is 10.1. The number of rotatable bonds is 7. The number of nitrogens with one attached hydrogen (secondary N) is 2. The molecule has 2 N–H and O–H groups in total. The lowest BCUT2D eigenvalue weighted by Crippen LogP contribution is -3.14. The number of likely N-dealkylation sites (tertiary alicyclic amines) is 1. The van der Waals surface area contributed by atoms with Gasteiger partial charge < -0.3 is 15.1 Å². The SMILES string of the molecule is CC[NH+](CC(=O)NCc1cccs1)CC(=O)N1CCCCCCC1. The van der Waals surface area contributed by atoms with Crippen molar-refractivity contribution >= 4 is 23.2 Å². The van der Waals surface area contributed by atoms with Gasteiger partial charge in [-0.15, -0.1) is 11.3 Å². The summed E-state index contributed by atoms with van der Waals surface area (Å²) in [6, 6.07) is 4.00. The van der Waals surface area contributed by atoms with Gasteiger partial charge in [0.15, 0.2) is 13.1 Å². The molecule has 2 heterocycles. The molecular formula is C18H30N3O2S+. The highest BCUT2D eigenvalue weighted by molar-refractivity contribution is 7.09. The minimum absolute atomic E-state index is 0.0146. The second-order valence-electron chi connectivity index (χ2n) is 6.46. The summed E-state index contributed by atoms with van der Waals surface area (Å²) in [5.41, 5.74) is 0. The number of carbonyl (C=O) groups excluding carboxylic acids is 2. The van der Waals surface area contributed by atoms with Crippen LogP contribution in [0.15, 0.2) is 17.5 Å². The van der Waals surface area contributed by atoms with Crippen molar-refractivity contribution in [2.45, 2.75) is 45.6 Å². The van der Waals surface area contributed by atoms with Gasteiger partial charge in [-0.25, -0.2) is 0 Å². The standard InChI is InChI=1S/C18H29N3O2S/c1-2-20(14-17(22)19-13-16-9-8-12-24-16)15-18(23)21-10-6-4-3-5-7-11-21/h8-9,12H,2-7,10-11,13-15H2,1H3,(H,19,22)/p+1. The van der Waals surface area contributed by atoms with Crippen molar-refractivity contribution in [1.29, 1.82) is 0 Å². The summed E-state index contributed by atoms with van der Waals surface area (Å²) in [5.74, 6) is 0.209. The summed E-state index contributed by atoms with van der Waals surface area (Å²) >= 11 is 1.64. The monoisotopic (exact) mass is 352 g/mol. The topological polar surface area (TPSA) is 53.9 Å². The van der Waals surface area contributed by atoms with E-state index in [1.165, 1.54) is 19.3 Å². The van der Waals surface area contributed by atoms with E-state index in [0.29, 0.717) is 19.6 Å². The van der Waals surface area contributed by atoms with Crippen LogP contribution in [0.4, 0.5) is 0 Å². The Bertz CT molecular complexity index is 496. The van der Waals surface area contributed by atoms with Gasteiger partial charge in [0, 0.05) is 18.0 Å². The van der Waals surface area contributed by atoms with Crippen molar-refractivity contribution < 1.29 is 14.5 Å². The fraction of sp³-hybridized carbons (Fsp3) is 0.667. The molecule has 0 radical (unpaired) electrons. The summed E-state index contributed by atoms with van der Waals surface area (Å²) in [6.45, 7) is 5.92. The molecule has 0 spiro atoms. The van der Waals surface area contributed by atoms with E-state index in [9.17, 15) is 9.59 Å². The second-order valence-corrected chi connectivity index (χ2v) is 7.49. The highest BCUT2D eigenvalue weighted by Crippen LogP contribution is 2.10. The van der Waals surface area contributed by atoms with E-state index < -0.39 is 0 Å². The van der Waals surface area contributed by atoms with Crippen molar-refractivity contribution in [2.24, 2.45) is 0 Å². The van der Waals surface area contributed by atoms with Crippen molar-refractivity contribution in [3.8, 4) is 0 Å². The average Bonchev–Trinajstić information content (AvgIpc) is 3.05. The maximum absolute atomic E-state index is 12.5. The Morgan fingerprint density at radius 3 is 2.50 bits per heavy atom. The maximum atomic E-state index is 12.5. The Hall–Kier alpha value is -1.40. The normalized spacial score (nSPS) is 17.0. The third kappa shape index (κ3) is 6.61. The Morgan fingerprint density at radius 1 is 1.17 bits per heavy atom. The number of amides is 2.